The van der Waals surface area contributed by atoms with E-state index in [2.05, 4.69) is 0 Å². The van der Waals surface area contributed by atoms with Crippen molar-refractivity contribution in [3.63, 3.8) is 0 Å². The highest BCUT2D eigenvalue weighted by atomic mass is 32.2. The topological polar surface area (TPSA) is 106 Å². The number of sulfonamides is 1. The fourth-order valence-electron chi connectivity index (χ4n) is 1.85. The summed E-state index contributed by atoms with van der Waals surface area (Å²) in [7, 11) is -4.02. The van der Waals surface area contributed by atoms with Crippen LogP contribution < -0.4 is 10.5 Å². The standard InChI is InChI=1S/C15H14N2O4S/c1-10-6-8-11(9-7-10)22(20,21)17-15(19)13-5-3-2-4-12(13)14(16)18/h2-9H,1H3,(H2,16,18)(H,17,19). The Morgan fingerprint density at radius 2 is 1.50 bits per heavy atom. The fraction of sp³-hybridized carbons (Fsp3) is 0.0667. The highest BCUT2D eigenvalue weighted by Gasteiger charge is 2.21. The average molecular weight is 318 g/mol. The van der Waals surface area contributed by atoms with Gasteiger partial charge < -0.3 is 5.73 Å². The minimum Gasteiger partial charge on any atom is -0.366 e. The predicted octanol–water partition coefficient (Wildman–Crippen LogP) is 1.21. The third kappa shape index (κ3) is 3.32. The van der Waals surface area contributed by atoms with Crippen LogP contribution in [0.3, 0.4) is 0 Å². The normalized spacial score (nSPS) is 11.0. The largest absolute Gasteiger partial charge is 0.366 e. The Labute approximate surface area is 128 Å². The first-order valence-corrected chi connectivity index (χ1v) is 7.82. The van der Waals surface area contributed by atoms with Crippen LogP contribution in [0.2, 0.25) is 0 Å². The van der Waals surface area contributed by atoms with Gasteiger partial charge in [-0.1, -0.05) is 29.8 Å². The molecular weight excluding hydrogens is 304 g/mol. The molecule has 0 aliphatic carbocycles. The molecule has 2 aromatic carbocycles. The molecule has 0 aliphatic heterocycles. The number of amides is 2. The van der Waals surface area contributed by atoms with Crippen LogP contribution in [0, 0.1) is 6.92 Å². The number of carbonyl (C=O) groups excluding carboxylic acids is 2. The van der Waals surface area contributed by atoms with E-state index in [4.69, 9.17) is 5.73 Å². The van der Waals surface area contributed by atoms with E-state index < -0.39 is 21.8 Å². The van der Waals surface area contributed by atoms with E-state index in [9.17, 15) is 18.0 Å². The van der Waals surface area contributed by atoms with Gasteiger partial charge >= 0.3 is 0 Å². The second kappa shape index (κ2) is 5.98. The SMILES string of the molecule is Cc1ccc(S(=O)(=O)NC(=O)c2ccccc2C(N)=O)cc1. The van der Waals surface area contributed by atoms with Crippen LogP contribution in [0.15, 0.2) is 53.4 Å². The maximum absolute atomic E-state index is 12.2. The molecule has 0 saturated carbocycles. The molecule has 0 aliphatic rings. The van der Waals surface area contributed by atoms with E-state index in [1.807, 2.05) is 11.6 Å². The number of hydrogen-bond acceptors (Lipinski definition) is 4. The lowest BCUT2D eigenvalue weighted by molar-refractivity contribution is 0.0956. The molecule has 2 aromatic rings. The zero-order valence-corrected chi connectivity index (χ0v) is 12.6. The third-order valence-corrected chi connectivity index (χ3v) is 4.34. The number of hydrogen-bond donors (Lipinski definition) is 2. The molecule has 2 amide bonds. The molecular formula is C15H14N2O4S. The summed E-state index contributed by atoms with van der Waals surface area (Å²) in [6.45, 7) is 1.82. The van der Waals surface area contributed by atoms with Crippen molar-refractivity contribution in [3.05, 3.63) is 65.2 Å². The quantitative estimate of drug-likeness (QED) is 0.883. The monoisotopic (exact) mass is 318 g/mol. The summed E-state index contributed by atoms with van der Waals surface area (Å²) in [5, 5.41) is 0. The van der Waals surface area contributed by atoms with Gasteiger partial charge in [0.25, 0.3) is 15.9 Å². The Balaban J connectivity index is 2.32. The number of primary amides is 1. The number of nitrogens with one attached hydrogen (secondary N) is 1. The van der Waals surface area contributed by atoms with Crippen molar-refractivity contribution in [2.24, 2.45) is 5.73 Å². The molecule has 0 aromatic heterocycles. The van der Waals surface area contributed by atoms with Crippen molar-refractivity contribution in [2.45, 2.75) is 11.8 Å². The molecule has 22 heavy (non-hydrogen) atoms. The summed E-state index contributed by atoms with van der Waals surface area (Å²) in [5.41, 5.74) is 5.93. The molecule has 3 N–H and O–H groups in total. The average Bonchev–Trinajstić information content (AvgIpc) is 2.47. The van der Waals surface area contributed by atoms with Gasteiger partial charge in [-0.25, -0.2) is 13.1 Å². The Morgan fingerprint density at radius 1 is 0.955 bits per heavy atom. The molecule has 0 unspecified atom stereocenters. The molecule has 2 rings (SSSR count). The van der Waals surface area contributed by atoms with Gasteiger partial charge in [-0.15, -0.1) is 0 Å². The summed E-state index contributed by atoms with van der Waals surface area (Å²) < 4.78 is 26.2. The van der Waals surface area contributed by atoms with Crippen molar-refractivity contribution >= 4 is 21.8 Å². The van der Waals surface area contributed by atoms with Gasteiger partial charge in [0, 0.05) is 0 Å². The van der Waals surface area contributed by atoms with Crippen molar-refractivity contribution in [2.75, 3.05) is 0 Å². The summed E-state index contributed by atoms with van der Waals surface area (Å²) in [5.74, 6) is -1.71. The Kier molecular flexibility index (Phi) is 4.27. The van der Waals surface area contributed by atoms with Crippen LogP contribution >= 0.6 is 0 Å². The molecule has 0 bridgehead atoms. The summed E-state index contributed by atoms with van der Waals surface area (Å²) >= 11 is 0. The number of nitrogens with two attached hydrogens (primary N) is 1. The second-order valence-electron chi connectivity index (χ2n) is 4.66. The lowest BCUT2D eigenvalue weighted by atomic mass is 10.1. The molecule has 0 heterocycles. The van der Waals surface area contributed by atoms with Gasteiger partial charge in [-0.3, -0.25) is 9.59 Å². The number of rotatable bonds is 4. The first-order valence-electron chi connectivity index (χ1n) is 6.34. The van der Waals surface area contributed by atoms with Gasteiger partial charge in [-0.2, -0.15) is 0 Å². The molecule has 114 valence electrons. The van der Waals surface area contributed by atoms with E-state index in [0.29, 0.717) is 0 Å². The summed E-state index contributed by atoms with van der Waals surface area (Å²) in [6.07, 6.45) is 0. The van der Waals surface area contributed by atoms with E-state index in [1.165, 1.54) is 36.4 Å². The van der Waals surface area contributed by atoms with E-state index in [1.54, 1.807) is 12.1 Å². The van der Waals surface area contributed by atoms with Crippen molar-refractivity contribution in [3.8, 4) is 0 Å². The van der Waals surface area contributed by atoms with Gasteiger partial charge in [0.2, 0.25) is 5.91 Å². The Morgan fingerprint density at radius 3 is 2.05 bits per heavy atom. The molecule has 7 heteroatoms. The minimum atomic E-state index is -4.02. The zero-order chi connectivity index (χ0) is 16.3. The number of aryl methyl sites for hydroxylation is 1. The minimum absolute atomic E-state index is 0.0389. The Bertz CT molecular complexity index is 827. The lowest BCUT2D eigenvalue weighted by Crippen LogP contribution is -2.32. The summed E-state index contributed by atoms with van der Waals surface area (Å²) in [6, 6.07) is 11.8. The van der Waals surface area contributed by atoms with Crippen molar-refractivity contribution in [1.29, 1.82) is 0 Å². The maximum Gasteiger partial charge on any atom is 0.265 e. The number of benzene rings is 2. The molecule has 0 atom stereocenters. The van der Waals surface area contributed by atoms with Crippen LogP contribution in [0.1, 0.15) is 26.3 Å². The molecule has 0 fully saturated rings. The first kappa shape index (κ1) is 15.7. The van der Waals surface area contributed by atoms with Gasteiger partial charge in [0.15, 0.2) is 0 Å². The van der Waals surface area contributed by atoms with Crippen LogP contribution in [0.25, 0.3) is 0 Å². The van der Waals surface area contributed by atoms with Crippen molar-refractivity contribution < 1.29 is 18.0 Å². The first-order chi connectivity index (χ1) is 10.3. The molecule has 6 nitrogen and oxygen atoms in total. The van der Waals surface area contributed by atoms with E-state index in [0.717, 1.165) is 5.56 Å². The number of carbonyl (C=O) groups is 2. The van der Waals surface area contributed by atoms with Crippen LogP contribution in [-0.4, -0.2) is 20.2 Å². The van der Waals surface area contributed by atoms with Gasteiger partial charge in [-0.05, 0) is 31.2 Å². The highest BCUT2D eigenvalue weighted by molar-refractivity contribution is 7.90. The second-order valence-corrected chi connectivity index (χ2v) is 6.34. The van der Waals surface area contributed by atoms with Crippen molar-refractivity contribution in [1.82, 2.24) is 4.72 Å². The smallest absolute Gasteiger partial charge is 0.265 e. The lowest BCUT2D eigenvalue weighted by Gasteiger charge is -2.09. The Hall–Kier alpha value is -2.67. The van der Waals surface area contributed by atoms with Gasteiger partial charge in [0.05, 0.1) is 16.0 Å². The molecule has 0 spiro atoms. The zero-order valence-electron chi connectivity index (χ0n) is 11.7. The van der Waals surface area contributed by atoms with Crippen LogP contribution in [-0.2, 0) is 10.0 Å². The van der Waals surface area contributed by atoms with Crippen LogP contribution in [0.4, 0.5) is 0 Å². The third-order valence-electron chi connectivity index (χ3n) is 3.00. The predicted molar refractivity (Wildman–Crippen MR) is 80.8 cm³/mol. The molecule has 0 saturated heterocycles. The van der Waals surface area contributed by atoms with Gasteiger partial charge in [0.1, 0.15) is 0 Å². The fourth-order valence-corrected chi connectivity index (χ4v) is 2.82. The van der Waals surface area contributed by atoms with E-state index in [-0.39, 0.29) is 16.0 Å². The highest BCUT2D eigenvalue weighted by Crippen LogP contribution is 2.13. The maximum atomic E-state index is 12.2. The summed E-state index contributed by atoms with van der Waals surface area (Å²) in [4.78, 5) is 23.4. The van der Waals surface area contributed by atoms with E-state index >= 15 is 0 Å². The van der Waals surface area contributed by atoms with Crippen LogP contribution in [0.5, 0.6) is 0 Å². The molecule has 0 radical (unpaired) electrons.